The van der Waals surface area contributed by atoms with Crippen LogP contribution in [-0.2, 0) is 11.2 Å². The number of benzene rings is 1. The van der Waals surface area contributed by atoms with Gasteiger partial charge >= 0.3 is 0 Å². The number of aromatic nitrogens is 3. The minimum absolute atomic E-state index is 0.0660. The molecule has 1 amide bonds. The average molecular weight is 415 g/mol. The summed E-state index contributed by atoms with van der Waals surface area (Å²) in [6, 6.07) is 5.36. The van der Waals surface area contributed by atoms with E-state index < -0.39 is 0 Å². The second kappa shape index (κ2) is 10.2. The molecule has 1 aliphatic rings. The number of nitrogens with zero attached hydrogens (tertiary/aromatic N) is 3. The lowest BCUT2D eigenvalue weighted by Gasteiger charge is -2.26. The van der Waals surface area contributed by atoms with Crippen molar-refractivity contribution in [2.45, 2.75) is 58.5 Å². The van der Waals surface area contributed by atoms with Crippen molar-refractivity contribution < 1.29 is 14.3 Å². The molecule has 2 aromatic rings. The van der Waals surface area contributed by atoms with Gasteiger partial charge in [-0.25, -0.2) is 0 Å². The molecule has 1 aromatic heterocycles. The zero-order valence-electron chi connectivity index (χ0n) is 17.9. The number of hydrogen-bond donors (Lipinski definition) is 1. The van der Waals surface area contributed by atoms with Gasteiger partial charge in [0.2, 0.25) is 5.91 Å². The average Bonchev–Trinajstić information content (AvgIpc) is 2.78. The quantitative estimate of drug-likeness (QED) is 0.713. The van der Waals surface area contributed by atoms with Crippen LogP contribution in [0, 0.1) is 0 Å². The van der Waals surface area contributed by atoms with Crippen molar-refractivity contribution in [2.75, 3.05) is 20.2 Å². The van der Waals surface area contributed by atoms with Crippen molar-refractivity contribution in [3.05, 3.63) is 34.2 Å². The number of likely N-dealkylation sites (tertiary alicyclic amines) is 1. The Morgan fingerprint density at radius 3 is 2.63 bits per heavy atom. The number of amides is 1. The van der Waals surface area contributed by atoms with Crippen LogP contribution < -0.4 is 15.0 Å². The maximum Gasteiger partial charge on any atom is 0.273 e. The minimum atomic E-state index is -0.328. The number of rotatable bonds is 8. The summed E-state index contributed by atoms with van der Waals surface area (Å²) in [7, 11) is 1.57. The first-order valence-corrected chi connectivity index (χ1v) is 10.6. The van der Waals surface area contributed by atoms with Crippen LogP contribution in [0.5, 0.6) is 11.5 Å². The molecule has 162 valence electrons. The third kappa shape index (κ3) is 5.37. The molecule has 1 unspecified atom stereocenters. The van der Waals surface area contributed by atoms with Crippen LogP contribution in [0.25, 0.3) is 11.4 Å². The number of hydrogen-bond acceptors (Lipinski definition) is 6. The highest BCUT2D eigenvalue weighted by Crippen LogP contribution is 2.32. The molecule has 2 heterocycles. The number of aryl methyl sites for hydroxylation is 1. The number of carbonyl (C=O) groups is 1. The predicted molar refractivity (Wildman–Crippen MR) is 114 cm³/mol. The largest absolute Gasteiger partial charge is 0.493 e. The number of nitrogens with one attached hydrogen (secondary N) is 1. The van der Waals surface area contributed by atoms with Crippen LogP contribution in [0.15, 0.2) is 23.0 Å². The Morgan fingerprint density at radius 1 is 1.20 bits per heavy atom. The van der Waals surface area contributed by atoms with Crippen molar-refractivity contribution in [3.8, 4) is 22.9 Å². The molecule has 1 fully saturated rings. The Hall–Kier alpha value is -2.90. The molecule has 3 rings (SSSR count). The summed E-state index contributed by atoms with van der Waals surface area (Å²) in [5, 5.41) is 8.23. The molecular formula is C22H30N4O4. The fourth-order valence-electron chi connectivity index (χ4n) is 3.39. The number of piperidine rings is 1. The number of methoxy groups -OCH3 is 1. The van der Waals surface area contributed by atoms with Crippen LogP contribution in [-0.4, -0.2) is 52.3 Å². The first-order valence-electron chi connectivity index (χ1n) is 10.6. The maximum atomic E-state index is 12.5. The third-order valence-corrected chi connectivity index (χ3v) is 5.39. The van der Waals surface area contributed by atoms with Crippen LogP contribution in [0.3, 0.4) is 0 Å². The minimum Gasteiger partial charge on any atom is -0.493 e. The Kier molecular flexibility index (Phi) is 7.43. The first-order chi connectivity index (χ1) is 14.5. The van der Waals surface area contributed by atoms with Gasteiger partial charge in [0.1, 0.15) is 5.69 Å². The number of ether oxygens (including phenoxy) is 2. The van der Waals surface area contributed by atoms with E-state index in [1.807, 2.05) is 18.7 Å². The monoisotopic (exact) mass is 414 g/mol. The maximum absolute atomic E-state index is 12.5. The highest BCUT2D eigenvalue weighted by atomic mass is 16.5. The van der Waals surface area contributed by atoms with E-state index in [9.17, 15) is 9.59 Å². The lowest BCUT2D eigenvalue weighted by molar-refractivity contribution is -0.132. The smallest absolute Gasteiger partial charge is 0.273 e. The molecule has 30 heavy (non-hydrogen) atoms. The molecule has 1 atom stereocenters. The van der Waals surface area contributed by atoms with Gasteiger partial charge in [0.25, 0.3) is 5.56 Å². The molecule has 0 saturated carbocycles. The molecule has 0 spiro atoms. The van der Waals surface area contributed by atoms with Crippen LogP contribution in [0.4, 0.5) is 0 Å². The van der Waals surface area contributed by atoms with Crippen molar-refractivity contribution in [2.24, 2.45) is 0 Å². The van der Waals surface area contributed by atoms with E-state index in [1.54, 1.807) is 25.3 Å². The van der Waals surface area contributed by atoms with E-state index >= 15 is 0 Å². The Bertz CT molecular complexity index is 922. The van der Waals surface area contributed by atoms with Crippen molar-refractivity contribution >= 4 is 5.91 Å². The van der Waals surface area contributed by atoms with Crippen molar-refractivity contribution in [1.29, 1.82) is 0 Å². The SMILES string of the molecule is CCC(C)Oc1ccc(-c2nnc(CCC(=O)N3CCCCC3)c(=O)[nH]2)cc1OC. The second-order valence-corrected chi connectivity index (χ2v) is 7.59. The molecule has 1 N–H and O–H groups in total. The van der Waals surface area contributed by atoms with Gasteiger partial charge < -0.3 is 19.4 Å². The summed E-state index contributed by atoms with van der Waals surface area (Å²) in [5.74, 6) is 1.62. The van der Waals surface area contributed by atoms with E-state index in [2.05, 4.69) is 15.2 Å². The first kappa shape index (κ1) is 21.8. The normalized spacial score (nSPS) is 15.0. The highest BCUT2D eigenvalue weighted by Gasteiger charge is 2.18. The molecule has 0 aliphatic carbocycles. The van der Waals surface area contributed by atoms with Gasteiger partial charge in [-0.05, 0) is 50.8 Å². The number of carbonyl (C=O) groups excluding carboxylic acids is 1. The molecule has 1 aliphatic heterocycles. The molecule has 1 saturated heterocycles. The van der Waals surface area contributed by atoms with Gasteiger partial charge in [-0.3, -0.25) is 9.59 Å². The molecule has 8 heteroatoms. The summed E-state index contributed by atoms with van der Waals surface area (Å²) < 4.78 is 11.3. The number of H-pyrrole nitrogens is 1. The van der Waals surface area contributed by atoms with Crippen LogP contribution >= 0.6 is 0 Å². The highest BCUT2D eigenvalue weighted by molar-refractivity contribution is 5.76. The van der Waals surface area contributed by atoms with Crippen LogP contribution in [0.1, 0.15) is 51.6 Å². The lowest BCUT2D eigenvalue weighted by atomic mass is 10.1. The van der Waals surface area contributed by atoms with Gasteiger partial charge in [-0.1, -0.05) is 6.92 Å². The fourth-order valence-corrected chi connectivity index (χ4v) is 3.39. The van der Waals surface area contributed by atoms with Gasteiger partial charge in [0, 0.05) is 31.5 Å². The Balaban J connectivity index is 1.70. The van der Waals surface area contributed by atoms with E-state index in [-0.39, 0.29) is 36.1 Å². The lowest BCUT2D eigenvalue weighted by Crippen LogP contribution is -2.36. The fraction of sp³-hybridized carbons (Fsp3) is 0.545. The zero-order valence-corrected chi connectivity index (χ0v) is 17.9. The summed E-state index contributed by atoms with van der Waals surface area (Å²) >= 11 is 0. The molecule has 1 aromatic carbocycles. The zero-order chi connectivity index (χ0) is 21.5. The van der Waals surface area contributed by atoms with E-state index in [1.165, 1.54) is 6.42 Å². The topological polar surface area (TPSA) is 97.4 Å². The Morgan fingerprint density at radius 2 is 1.97 bits per heavy atom. The van der Waals surface area contributed by atoms with Crippen molar-refractivity contribution in [3.63, 3.8) is 0 Å². The van der Waals surface area contributed by atoms with E-state index in [0.29, 0.717) is 22.9 Å². The van der Waals surface area contributed by atoms with E-state index in [0.717, 1.165) is 32.4 Å². The van der Waals surface area contributed by atoms with Gasteiger partial charge in [-0.15, -0.1) is 10.2 Å². The van der Waals surface area contributed by atoms with E-state index in [4.69, 9.17) is 9.47 Å². The summed E-state index contributed by atoms with van der Waals surface area (Å²) in [4.78, 5) is 29.4. The molecule has 0 radical (unpaired) electrons. The van der Waals surface area contributed by atoms with Crippen molar-refractivity contribution in [1.82, 2.24) is 20.1 Å². The predicted octanol–water partition coefficient (Wildman–Crippen LogP) is 2.96. The summed E-state index contributed by atoms with van der Waals surface area (Å²) in [6.07, 6.45) is 4.76. The molecule has 0 bridgehead atoms. The molecule has 8 nitrogen and oxygen atoms in total. The third-order valence-electron chi connectivity index (χ3n) is 5.39. The van der Waals surface area contributed by atoms with Gasteiger partial charge in [0.05, 0.1) is 13.2 Å². The van der Waals surface area contributed by atoms with Gasteiger partial charge in [0.15, 0.2) is 17.3 Å². The Labute approximate surface area is 176 Å². The summed E-state index contributed by atoms with van der Waals surface area (Å²) in [5.41, 5.74) is 0.613. The summed E-state index contributed by atoms with van der Waals surface area (Å²) in [6.45, 7) is 5.65. The number of aromatic amines is 1. The standard InChI is InChI=1S/C22H30N4O4/c1-4-15(2)30-18-10-8-16(14-19(18)29-3)21-23-22(28)17(24-25-21)9-11-20(27)26-12-6-5-7-13-26/h8,10,14-15H,4-7,9,11-13H2,1-3H3,(H,23,25,28). The van der Waals surface area contributed by atoms with Gasteiger partial charge in [-0.2, -0.15) is 0 Å². The molecular weight excluding hydrogens is 384 g/mol. The second-order valence-electron chi connectivity index (χ2n) is 7.59. The van der Waals surface area contributed by atoms with Crippen LogP contribution in [0.2, 0.25) is 0 Å².